The number of hydrogen-bond donors (Lipinski definition) is 4. The minimum absolute atomic E-state index is 0.0923. The minimum atomic E-state index is -0.814. The first-order chi connectivity index (χ1) is 29.1. The average Bonchev–Trinajstić information content (AvgIpc) is 3.59. The maximum Gasteiger partial charge on any atom is 0.272 e. The zero-order chi connectivity index (χ0) is 42.6. The predicted molar refractivity (Wildman–Crippen MR) is 235 cm³/mol. The van der Waals surface area contributed by atoms with Crippen LogP contribution in [0.5, 0.6) is 17.2 Å². The number of thioether (sulfide) groups is 1. The maximum atomic E-state index is 14.2. The van der Waals surface area contributed by atoms with Gasteiger partial charge in [0.25, 0.3) is 17.7 Å². The number of nitrogens with one attached hydrogen (secondary N) is 4. The molecular weight excluding hydrogens is 799 g/mol. The van der Waals surface area contributed by atoms with Crippen LogP contribution < -0.4 is 35.5 Å². The van der Waals surface area contributed by atoms with Gasteiger partial charge < -0.3 is 35.5 Å². The number of anilines is 3. The number of nitrogens with zero attached hydrogens (tertiary/aromatic N) is 1. The van der Waals surface area contributed by atoms with Crippen molar-refractivity contribution in [3.63, 3.8) is 0 Å². The first-order valence-electron chi connectivity index (χ1n) is 18.3. The normalized spacial score (nSPS) is 11.3. The standard InChI is InChI=1S/C46H39N5O7S2/c1-28-35(27-47)46(60-40(28)44(54)48-32-19-12-7-13-20-32)51-45(55)41(29-15-8-5-9-16-29)59-34-22-14-21-33(25-34)49-43(53)36(50-42(52)30-17-10-6-11-18-30)23-31-24-38(57-3)39(58-4)26-37(31)56-2/h5-26,41H,1-4H3,(H,48,54)(H,49,53)(H,50,52)(H,51,55)/b36-23+. The van der Waals surface area contributed by atoms with Gasteiger partial charge in [-0.05, 0) is 72.7 Å². The number of thiophene rings is 1. The third-order valence-corrected chi connectivity index (χ3v) is 11.4. The van der Waals surface area contributed by atoms with Gasteiger partial charge in [-0.25, -0.2) is 0 Å². The van der Waals surface area contributed by atoms with E-state index in [-0.39, 0.29) is 16.3 Å². The molecule has 14 heteroatoms. The van der Waals surface area contributed by atoms with Crippen molar-refractivity contribution in [3.8, 4) is 23.3 Å². The molecule has 0 radical (unpaired) electrons. The molecule has 60 heavy (non-hydrogen) atoms. The Kier molecular flexibility index (Phi) is 14.0. The highest BCUT2D eigenvalue weighted by Gasteiger charge is 2.27. The number of carbonyl (C=O) groups excluding carboxylic acids is 4. The molecule has 1 heterocycles. The Bertz CT molecular complexity index is 2590. The lowest BCUT2D eigenvalue weighted by Gasteiger charge is -2.18. The largest absolute Gasteiger partial charge is 0.496 e. The second kappa shape index (κ2) is 19.9. The van der Waals surface area contributed by atoms with Gasteiger partial charge in [0.2, 0.25) is 5.91 Å². The third kappa shape index (κ3) is 10.2. The Morgan fingerprint density at radius 2 is 1.32 bits per heavy atom. The van der Waals surface area contributed by atoms with Crippen molar-refractivity contribution in [2.45, 2.75) is 17.1 Å². The summed E-state index contributed by atoms with van der Waals surface area (Å²) in [4.78, 5) is 55.8. The number of ether oxygens (including phenoxy) is 3. The predicted octanol–water partition coefficient (Wildman–Crippen LogP) is 9.09. The molecule has 1 aromatic heterocycles. The molecule has 12 nitrogen and oxygen atoms in total. The quantitative estimate of drug-likeness (QED) is 0.0583. The van der Waals surface area contributed by atoms with Crippen molar-refractivity contribution in [2.24, 2.45) is 0 Å². The SMILES string of the molecule is COc1cc(OC)c(OC)cc1/C=C(/NC(=O)c1ccccc1)C(=O)Nc1cccc(SC(C(=O)Nc2sc(C(=O)Nc3ccccc3)c(C)c2C#N)c2ccccc2)c1. The number of nitriles is 1. The first-order valence-corrected chi connectivity index (χ1v) is 20.0. The summed E-state index contributed by atoms with van der Waals surface area (Å²) in [5, 5.41) is 20.9. The van der Waals surface area contributed by atoms with Gasteiger partial charge in [-0.1, -0.05) is 72.8 Å². The van der Waals surface area contributed by atoms with Crippen molar-refractivity contribution in [3.05, 3.63) is 166 Å². The molecule has 1 atom stereocenters. The topological polar surface area (TPSA) is 168 Å². The lowest BCUT2D eigenvalue weighted by molar-refractivity contribution is -0.116. The van der Waals surface area contributed by atoms with Crippen LogP contribution in [-0.2, 0) is 9.59 Å². The summed E-state index contributed by atoms with van der Waals surface area (Å²) >= 11 is 2.25. The highest BCUT2D eigenvalue weighted by atomic mass is 32.2. The number of methoxy groups -OCH3 is 3. The van der Waals surface area contributed by atoms with E-state index >= 15 is 0 Å². The van der Waals surface area contributed by atoms with Gasteiger partial charge >= 0.3 is 0 Å². The maximum absolute atomic E-state index is 14.2. The smallest absolute Gasteiger partial charge is 0.272 e. The summed E-state index contributed by atoms with van der Waals surface area (Å²) in [5.74, 6) is -0.814. The molecular formula is C46H39N5O7S2. The molecule has 0 bridgehead atoms. The van der Waals surface area contributed by atoms with Crippen LogP contribution in [0.25, 0.3) is 6.08 Å². The van der Waals surface area contributed by atoms with E-state index < -0.39 is 28.9 Å². The summed E-state index contributed by atoms with van der Waals surface area (Å²) in [6.45, 7) is 1.67. The van der Waals surface area contributed by atoms with Gasteiger partial charge in [0, 0.05) is 33.5 Å². The van der Waals surface area contributed by atoms with E-state index in [4.69, 9.17) is 14.2 Å². The van der Waals surface area contributed by atoms with E-state index in [0.29, 0.717) is 60.6 Å². The van der Waals surface area contributed by atoms with Gasteiger partial charge in [0.1, 0.15) is 27.8 Å². The van der Waals surface area contributed by atoms with Crippen LogP contribution in [0.15, 0.2) is 138 Å². The van der Waals surface area contributed by atoms with Gasteiger partial charge in [0.15, 0.2) is 11.5 Å². The summed E-state index contributed by atoms with van der Waals surface area (Å²) in [7, 11) is 4.45. The van der Waals surface area contributed by atoms with Crippen LogP contribution in [0.3, 0.4) is 0 Å². The first kappa shape index (κ1) is 42.3. The monoisotopic (exact) mass is 837 g/mol. The highest BCUT2D eigenvalue weighted by Crippen LogP contribution is 2.40. The number of amides is 4. The van der Waals surface area contributed by atoms with E-state index in [1.165, 1.54) is 39.2 Å². The molecule has 6 rings (SSSR count). The Hall–Kier alpha value is -7.34. The van der Waals surface area contributed by atoms with E-state index in [9.17, 15) is 24.4 Å². The van der Waals surface area contributed by atoms with E-state index in [2.05, 4.69) is 27.3 Å². The molecule has 4 N–H and O–H groups in total. The molecule has 302 valence electrons. The fraction of sp³-hybridized carbons (Fsp3) is 0.109. The molecule has 0 saturated heterocycles. The fourth-order valence-corrected chi connectivity index (χ4v) is 8.12. The van der Waals surface area contributed by atoms with E-state index in [1.807, 2.05) is 36.4 Å². The lowest BCUT2D eigenvalue weighted by atomic mass is 10.1. The minimum Gasteiger partial charge on any atom is -0.496 e. The Labute approximate surface area is 355 Å². The molecule has 0 spiro atoms. The van der Waals surface area contributed by atoms with Gasteiger partial charge in [-0.15, -0.1) is 23.1 Å². The van der Waals surface area contributed by atoms with Crippen molar-refractivity contribution in [1.29, 1.82) is 5.26 Å². The van der Waals surface area contributed by atoms with Crippen LogP contribution >= 0.6 is 23.1 Å². The van der Waals surface area contributed by atoms with Crippen LogP contribution in [0, 0.1) is 18.3 Å². The molecule has 0 saturated carbocycles. The molecule has 0 aliphatic carbocycles. The summed E-state index contributed by atoms with van der Waals surface area (Å²) in [6.07, 6.45) is 1.48. The van der Waals surface area contributed by atoms with Gasteiger partial charge in [-0.2, -0.15) is 5.26 Å². The van der Waals surface area contributed by atoms with Crippen molar-refractivity contribution in [2.75, 3.05) is 37.3 Å². The second-order valence-corrected chi connectivity index (χ2v) is 15.1. The van der Waals surface area contributed by atoms with Crippen LogP contribution in [0.4, 0.5) is 16.4 Å². The summed E-state index contributed by atoms with van der Waals surface area (Å²) < 4.78 is 16.5. The van der Waals surface area contributed by atoms with Crippen LogP contribution in [-0.4, -0.2) is 45.0 Å². The third-order valence-electron chi connectivity index (χ3n) is 8.98. The van der Waals surface area contributed by atoms with Crippen molar-refractivity contribution in [1.82, 2.24) is 5.32 Å². The number of benzene rings is 5. The molecule has 5 aromatic carbocycles. The number of rotatable bonds is 15. The Morgan fingerprint density at radius 3 is 1.97 bits per heavy atom. The molecule has 0 fully saturated rings. The molecule has 4 amide bonds. The van der Waals surface area contributed by atoms with Crippen LogP contribution in [0.2, 0.25) is 0 Å². The zero-order valence-corrected chi connectivity index (χ0v) is 34.5. The lowest BCUT2D eigenvalue weighted by Crippen LogP contribution is -2.30. The molecule has 0 aliphatic rings. The average molecular weight is 838 g/mol. The molecule has 6 aromatic rings. The highest BCUT2D eigenvalue weighted by molar-refractivity contribution is 8.00. The van der Waals surface area contributed by atoms with Crippen LogP contribution in [0.1, 0.15) is 47.5 Å². The van der Waals surface area contributed by atoms with Crippen molar-refractivity contribution < 1.29 is 33.4 Å². The Morgan fingerprint density at radius 1 is 0.700 bits per heavy atom. The number of carbonyl (C=O) groups is 4. The molecule has 1 unspecified atom stereocenters. The fourth-order valence-electron chi connectivity index (χ4n) is 5.99. The zero-order valence-electron chi connectivity index (χ0n) is 32.9. The number of para-hydroxylation sites is 1. The van der Waals surface area contributed by atoms with E-state index in [0.717, 1.165) is 11.3 Å². The van der Waals surface area contributed by atoms with Gasteiger partial charge in [-0.3, -0.25) is 19.2 Å². The number of hydrogen-bond acceptors (Lipinski definition) is 10. The second-order valence-electron chi connectivity index (χ2n) is 12.9. The summed E-state index contributed by atoms with van der Waals surface area (Å²) in [6, 6.07) is 38.9. The van der Waals surface area contributed by atoms with E-state index in [1.54, 1.807) is 97.9 Å². The Balaban J connectivity index is 1.27. The van der Waals surface area contributed by atoms with Crippen molar-refractivity contribution >= 4 is 69.2 Å². The summed E-state index contributed by atoms with van der Waals surface area (Å²) in [5.41, 5.74) is 2.99. The molecule has 0 aliphatic heterocycles. The van der Waals surface area contributed by atoms with Gasteiger partial charge in [0.05, 0.1) is 31.8 Å².